The second kappa shape index (κ2) is 5.51. The third-order valence-electron chi connectivity index (χ3n) is 3.49. The molecule has 1 aromatic heterocycles. The van der Waals surface area contributed by atoms with Crippen molar-refractivity contribution in [1.82, 2.24) is 9.88 Å². The van der Waals surface area contributed by atoms with Gasteiger partial charge in [-0.05, 0) is 32.3 Å². The van der Waals surface area contributed by atoms with Crippen molar-refractivity contribution in [2.75, 3.05) is 6.54 Å². The SMILES string of the molecule is CC1CCCC(CN)N1C(=O)c1cc(Cl)c(Cl)[nH]1. The zero-order valence-corrected chi connectivity index (χ0v) is 11.8. The van der Waals surface area contributed by atoms with Crippen molar-refractivity contribution < 1.29 is 4.79 Å². The molecular formula is C12H17Cl2N3O. The van der Waals surface area contributed by atoms with Gasteiger partial charge in [0.05, 0.1) is 5.02 Å². The van der Waals surface area contributed by atoms with Crippen LogP contribution in [0.4, 0.5) is 0 Å². The van der Waals surface area contributed by atoms with Crippen LogP contribution in [0.2, 0.25) is 10.2 Å². The van der Waals surface area contributed by atoms with E-state index in [1.165, 1.54) is 0 Å². The normalized spacial score (nSPS) is 24.3. The van der Waals surface area contributed by atoms with Crippen LogP contribution in [0.15, 0.2) is 6.07 Å². The van der Waals surface area contributed by atoms with Crippen molar-refractivity contribution >= 4 is 29.1 Å². The van der Waals surface area contributed by atoms with Crippen LogP contribution in [0.5, 0.6) is 0 Å². The van der Waals surface area contributed by atoms with Crippen LogP contribution >= 0.6 is 23.2 Å². The molecule has 1 amide bonds. The molecule has 1 aliphatic heterocycles. The van der Waals surface area contributed by atoms with Crippen LogP contribution < -0.4 is 5.73 Å². The standard InChI is InChI=1S/C12H17Cl2N3O/c1-7-3-2-4-8(6-15)17(7)12(18)10-5-9(13)11(14)16-10/h5,7-8,16H,2-4,6,15H2,1H3. The number of likely N-dealkylation sites (tertiary alicyclic amines) is 1. The molecule has 0 bridgehead atoms. The molecule has 2 unspecified atom stereocenters. The zero-order chi connectivity index (χ0) is 13.3. The molecule has 3 N–H and O–H groups in total. The van der Waals surface area contributed by atoms with Gasteiger partial charge in [-0.1, -0.05) is 23.2 Å². The van der Waals surface area contributed by atoms with Gasteiger partial charge in [-0.15, -0.1) is 0 Å². The van der Waals surface area contributed by atoms with E-state index in [0.29, 0.717) is 22.4 Å². The number of aromatic nitrogens is 1. The van der Waals surface area contributed by atoms with E-state index in [2.05, 4.69) is 4.98 Å². The van der Waals surface area contributed by atoms with Gasteiger partial charge in [0.1, 0.15) is 10.8 Å². The summed E-state index contributed by atoms with van der Waals surface area (Å²) in [6.07, 6.45) is 3.07. The number of hydrogen-bond donors (Lipinski definition) is 2. The van der Waals surface area contributed by atoms with Gasteiger partial charge in [-0.2, -0.15) is 0 Å². The summed E-state index contributed by atoms with van der Waals surface area (Å²) in [5.74, 6) is -0.0774. The number of hydrogen-bond acceptors (Lipinski definition) is 2. The molecule has 2 atom stereocenters. The molecule has 100 valence electrons. The Morgan fingerprint density at radius 1 is 1.56 bits per heavy atom. The first-order valence-corrected chi connectivity index (χ1v) is 6.87. The highest BCUT2D eigenvalue weighted by Gasteiger charge is 2.32. The Balaban J connectivity index is 2.25. The van der Waals surface area contributed by atoms with Gasteiger partial charge in [0, 0.05) is 18.6 Å². The van der Waals surface area contributed by atoms with E-state index < -0.39 is 0 Å². The van der Waals surface area contributed by atoms with Crippen LogP contribution in [-0.4, -0.2) is 34.4 Å². The Labute approximate surface area is 116 Å². The Morgan fingerprint density at radius 2 is 2.28 bits per heavy atom. The Morgan fingerprint density at radius 3 is 2.83 bits per heavy atom. The molecule has 0 aromatic carbocycles. The van der Waals surface area contributed by atoms with E-state index in [9.17, 15) is 4.79 Å². The lowest BCUT2D eigenvalue weighted by Gasteiger charge is -2.40. The lowest BCUT2D eigenvalue weighted by atomic mass is 9.96. The maximum atomic E-state index is 12.5. The smallest absolute Gasteiger partial charge is 0.270 e. The van der Waals surface area contributed by atoms with E-state index in [0.717, 1.165) is 19.3 Å². The van der Waals surface area contributed by atoms with Crippen molar-refractivity contribution in [3.63, 3.8) is 0 Å². The molecular weight excluding hydrogens is 273 g/mol. The quantitative estimate of drug-likeness (QED) is 0.879. The molecule has 1 aliphatic rings. The van der Waals surface area contributed by atoms with Gasteiger partial charge in [-0.3, -0.25) is 4.79 Å². The summed E-state index contributed by atoms with van der Waals surface area (Å²) in [5.41, 5.74) is 6.18. The molecule has 0 saturated carbocycles. The van der Waals surface area contributed by atoms with Crippen molar-refractivity contribution in [3.05, 3.63) is 21.9 Å². The van der Waals surface area contributed by atoms with Gasteiger partial charge >= 0.3 is 0 Å². The minimum absolute atomic E-state index is 0.0774. The molecule has 0 aliphatic carbocycles. The minimum Gasteiger partial charge on any atom is -0.340 e. The van der Waals surface area contributed by atoms with Gasteiger partial charge < -0.3 is 15.6 Å². The molecule has 0 radical (unpaired) electrons. The van der Waals surface area contributed by atoms with Crippen LogP contribution in [0.1, 0.15) is 36.7 Å². The first-order chi connectivity index (χ1) is 8.54. The highest BCUT2D eigenvalue weighted by Crippen LogP contribution is 2.27. The highest BCUT2D eigenvalue weighted by molar-refractivity contribution is 6.41. The average molecular weight is 290 g/mol. The monoisotopic (exact) mass is 289 g/mol. The molecule has 0 spiro atoms. The summed E-state index contributed by atoms with van der Waals surface area (Å²) in [5, 5.41) is 0.669. The van der Waals surface area contributed by atoms with Crippen molar-refractivity contribution in [1.29, 1.82) is 0 Å². The van der Waals surface area contributed by atoms with Gasteiger partial charge in [0.15, 0.2) is 0 Å². The minimum atomic E-state index is -0.0774. The fourth-order valence-electron chi connectivity index (χ4n) is 2.54. The van der Waals surface area contributed by atoms with Crippen molar-refractivity contribution in [3.8, 4) is 0 Å². The third-order valence-corrected chi connectivity index (χ3v) is 4.18. The number of amides is 1. The first kappa shape index (κ1) is 13.7. The Hall–Kier alpha value is -0.710. The number of aromatic amines is 1. The third kappa shape index (κ3) is 2.51. The summed E-state index contributed by atoms with van der Waals surface area (Å²) < 4.78 is 0. The number of halogens is 2. The highest BCUT2D eigenvalue weighted by atomic mass is 35.5. The van der Waals surface area contributed by atoms with Crippen molar-refractivity contribution in [2.45, 2.75) is 38.3 Å². The number of carbonyl (C=O) groups excluding carboxylic acids is 1. The number of piperidine rings is 1. The van der Waals surface area contributed by atoms with Crippen LogP contribution in [0.3, 0.4) is 0 Å². The topological polar surface area (TPSA) is 62.1 Å². The molecule has 2 rings (SSSR count). The second-order valence-corrected chi connectivity index (χ2v) is 5.51. The lowest BCUT2D eigenvalue weighted by Crippen LogP contribution is -2.51. The molecule has 1 fully saturated rings. The summed E-state index contributed by atoms with van der Waals surface area (Å²) in [6, 6.07) is 1.86. The number of nitrogens with zero attached hydrogens (tertiary/aromatic N) is 1. The first-order valence-electron chi connectivity index (χ1n) is 6.11. The molecule has 2 heterocycles. The number of nitrogens with two attached hydrogens (primary N) is 1. The number of nitrogens with one attached hydrogen (secondary N) is 1. The molecule has 6 heteroatoms. The van der Waals surface area contributed by atoms with Crippen LogP contribution in [0.25, 0.3) is 0 Å². The van der Waals surface area contributed by atoms with Gasteiger partial charge in [-0.25, -0.2) is 0 Å². The lowest BCUT2D eigenvalue weighted by molar-refractivity contribution is 0.0489. The van der Waals surface area contributed by atoms with Crippen LogP contribution in [-0.2, 0) is 0 Å². The van der Waals surface area contributed by atoms with E-state index in [-0.39, 0.29) is 18.0 Å². The summed E-state index contributed by atoms with van der Waals surface area (Å²) in [4.78, 5) is 17.1. The maximum Gasteiger partial charge on any atom is 0.270 e. The Kier molecular flexibility index (Phi) is 4.20. The van der Waals surface area contributed by atoms with Gasteiger partial charge in [0.25, 0.3) is 5.91 Å². The molecule has 1 saturated heterocycles. The van der Waals surface area contributed by atoms with E-state index >= 15 is 0 Å². The molecule has 4 nitrogen and oxygen atoms in total. The van der Waals surface area contributed by atoms with Crippen molar-refractivity contribution in [2.24, 2.45) is 5.73 Å². The fraction of sp³-hybridized carbons (Fsp3) is 0.583. The fourth-order valence-corrected chi connectivity index (χ4v) is 2.86. The number of H-pyrrole nitrogens is 1. The number of carbonyl (C=O) groups is 1. The summed E-state index contributed by atoms with van der Waals surface area (Å²) in [7, 11) is 0. The van der Waals surface area contributed by atoms with E-state index in [4.69, 9.17) is 28.9 Å². The predicted octanol–water partition coefficient (Wildman–Crippen LogP) is 2.66. The maximum absolute atomic E-state index is 12.5. The van der Waals surface area contributed by atoms with Gasteiger partial charge in [0.2, 0.25) is 0 Å². The molecule has 18 heavy (non-hydrogen) atoms. The van der Waals surface area contributed by atoms with Crippen LogP contribution in [0, 0.1) is 0 Å². The summed E-state index contributed by atoms with van der Waals surface area (Å²) >= 11 is 11.7. The average Bonchev–Trinajstić information content (AvgIpc) is 2.68. The predicted molar refractivity (Wildman–Crippen MR) is 73.1 cm³/mol. The largest absolute Gasteiger partial charge is 0.340 e. The number of rotatable bonds is 2. The Bertz CT molecular complexity index is 427. The second-order valence-electron chi connectivity index (χ2n) is 4.73. The zero-order valence-electron chi connectivity index (χ0n) is 10.2. The van der Waals surface area contributed by atoms with E-state index in [1.807, 2.05) is 11.8 Å². The summed E-state index contributed by atoms with van der Waals surface area (Å²) in [6.45, 7) is 2.53. The molecule has 1 aromatic rings. The van der Waals surface area contributed by atoms with E-state index in [1.54, 1.807) is 6.07 Å².